The average Bonchev–Trinajstić information content (AvgIpc) is 3.38. The molecule has 0 fully saturated rings. The zero-order chi connectivity index (χ0) is 22.5. The number of ether oxygens (including phenoxy) is 1. The molecule has 0 spiro atoms. The quantitative estimate of drug-likeness (QED) is 0.330. The number of hydrogen-bond donors (Lipinski definition) is 1. The minimum absolute atomic E-state index is 0.159. The van der Waals surface area contributed by atoms with E-state index in [1.165, 1.54) is 12.3 Å². The lowest BCUT2D eigenvalue weighted by atomic mass is 10.1. The monoisotopic (exact) mass is 420 g/mol. The van der Waals surface area contributed by atoms with Gasteiger partial charge >= 0.3 is 5.97 Å². The molecule has 31 heavy (non-hydrogen) atoms. The predicted octanol–water partition coefficient (Wildman–Crippen LogP) is 4.48. The molecule has 0 radical (unpaired) electrons. The van der Waals surface area contributed by atoms with Gasteiger partial charge in [0.1, 0.15) is 0 Å². The SMILES string of the molecule is C=CCn1c(C)cc(C(=O)COC(=O)c2ccc(C)c(NC(=O)c3ccco3)c2)c1C. The van der Waals surface area contributed by atoms with E-state index >= 15 is 0 Å². The molecule has 2 heterocycles. The molecule has 0 bridgehead atoms. The van der Waals surface area contributed by atoms with E-state index in [0.29, 0.717) is 17.8 Å². The van der Waals surface area contributed by atoms with Crippen LogP contribution in [0.4, 0.5) is 5.69 Å². The Morgan fingerprint density at radius 1 is 1.16 bits per heavy atom. The van der Waals surface area contributed by atoms with Crippen molar-refractivity contribution < 1.29 is 23.5 Å². The minimum atomic E-state index is -0.651. The van der Waals surface area contributed by atoms with Crippen LogP contribution in [0.15, 0.2) is 59.7 Å². The number of anilines is 1. The molecule has 1 amide bonds. The zero-order valence-electron chi connectivity index (χ0n) is 17.7. The van der Waals surface area contributed by atoms with E-state index < -0.39 is 11.9 Å². The number of ketones is 1. The topological polar surface area (TPSA) is 90.5 Å². The van der Waals surface area contributed by atoms with Gasteiger partial charge in [-0.3, -0.25) is 9.59 Å². The highest BCUT2D eigenvalue weighted by molar-refractivity contribution is 6.04. The second-order valence-corrected chi connectivity index (χ2v) is 7.14. The first-order valence-electron chi connectivity index (χ1n) is 9.75. The van der Waals surface area contributed by atoms with Crippen LogP contribution >= 0.6 is 0 Å². The van der Waals surface area contributed by atoms with Crippen molar-refractivity contribution in [3.05, 3.63) is 89.2 Å². The number of esters is 1. The molecule has 1 aromatic carbocycles. The Hall–Kier alpha value is -3.87. The Morgan fingerprint density at radius 3 is 2.61 bits per heavy atom. The Labute approximate surface area is 180 Å². The fourth-order valence-electron chi connectivity index (χ4n) is 3.26. The third kappa shape index (κ3) is 4.83. The van der Waals surface area contributed by atoms with Gasteiger partial charge in [0.15, 0.2) is 12.4 Å². The van der Waals surface area contributed by atoms with Crippen LogP contribution in [0.3, 0.4) is 0 Å². The van der Waals surface area contributed by atoms with Gasteiger partial charge in [0.25, 0.3) is 5.91 Å². The highest BCUT2D eigenvalue weighted by Crippen LogP contribution is 2.20. The smallest absolute Gasteiger partial charge is 0.338 e. The number of nitrogens with one attached hydrogen (secondary N) is 1. The van der Waals surface area contributed by atoms with Crippen LogP contribution in [0.1, 0.15) is 48.2 Å². The fraction of sp³-hybridized carbons (Fsp3) is 0.208. The molecule has 0 atom stereocenters. The second-order valence-electron chi connectivity index (χ2n) is 7.14. The van der Waals surface area contributed by atoms with Gasteiger partial charge in [-0.2, -0.15) is 0 Å². The number of rotatable bonds is 8. The van der Waals surface area contributed by atoms with Gasteiger partial charge in [0.05, 0.1) is 11.8 Å². The Morgan fingerprint density at radius 2 is 1.94 bits per heavy atom. The number of aromatic nitrogens is 1. The average molecular weight is 420 g/mol. The first-order chi connectivity index (χ1) is 14.8. The van der Waals surface area contributed by atoms with Gasteiger partial charge in [0, 0.05) is 29.2 Å². The molecule has 3 aromatic rings. The number of amides is 1. The molecule has 0 aliphatic rings. The molecule has 0 unspecified atom stereocenters. The summed E-state index contributed by atoms with van der Waals surface area (Å²) in [4.78, 5) is 37.3. The molecule has 7 nitrogen and oxygen atoms in total. The van der Waals surface area contributed by atoms with Crippen LogP contribution in [-0.2, 0) is 11.3 Å². The van der Waals surface area contributed by atoms with E-state index in [0.717, 1.165) is 17.0 Å². The van der Waals surface area contributed by atoms with Crippen LogP contribution in [0, 0.1) is 20.8 Å². The summed E-state index contributed by atoms with van der Waals surface area (Å²) in [5.41, 5.74) is 3.70. The molecule has 0 saturated carbocycles. The summed E-state index contributed by atoms with van der Waals surface area (Å²) in [5, 5.41) is 2.71. The highest BCUT2D eigenvalue weighted by Gasteiger charge is 2.18. The summed E-state index contributed by atoms with van der Waals surface area (Å²) >= 11 is 0. The van der Waals surface area contributed by atoms with E-state index in [9.17, 15) is 14.4 Å². The van der Waals surface area contributed by atoms with E-state index in [1.807, 2.05) is 18.4 Å². The van der Waals surface area contributed by atoms with E-state index in [1.54, 1.807) is 43.3 Å². The summed E-state index contributed by atoms with van der Waals surface area (Å²) in [5.74, 6) is -1.20. The lowest BCUT2D eigenvalue weighted by Gasteiger charge is -2.10. The van der Waals surface area contributed by atoms with Crippen LogP contribution in [0.25, 0.3) is 0 Å². The molecule has 7 heteroatoms. The van der Waals surface area contributed by atoms with Gasteiger partial charge < -0.3 is 19.0 Å². The maximum Gasteiger partial charge on any atom is 0.338 e. The maximum absolute atomic E-state index is 12.6. The van der Waals surface area contributed by atoms with Crippen molar-refractivity contribution in [2.24, 2.45) is 0 Å². The van der Waals surface area contributed by atoms with Crippen LogP contribution in [-0.4, -0.2) is 28.8 Å². The molecule has 3 rings (SSSR count). The van der Waals surface area contributed by atoms with Crippen molar-refractivity contribution in [2.45, 2.75) is 27.3 Å². The standard InChI is InChI=1S/C24H24N2O5/c1-5-10-26-16(3)12-19(17(26)4)21(27)14-31-24(29)18-9-8-15(2)20(13-18)25-23(28)22-7-6-11-30-22/h5-9,11-13H,1,10,14H2,2-4H3,(H,25,28). The molecule has 0 aliphatic heterocycles. The molecule has 160 valence electrons. The number of hydrogen-bond acceptors (Lipinski definition) is 5. The molecule has 2 aromatic heterocycles. The number of carbonyl (C=O) groups excluding carboxylic acids is 3. The van der Waals surface area contributed by atoms with Crippen molar-refractivity contribution in [3.8, 4) is 0 Å². The van der Waals surface area contributed by atoms with Crippen molar-refractivity contribution >= 4 is 23.3 Å². The van der Waals surface area contributed by atoms with Crippen LogP contribution < -0.4 is 5.32 Å². The Kier molecular flexibility index (Phi) is 6.55. The number of aryl methyl sites for hydroxylation is 2. The predicted molar refractivity (Wildman–Crippen MR) is 117 cm³/mol. The number of benzene rings is 1. The number of furan rings is 1. The summed E-state index contributed by atoms with van der Waals surface area (Å²) in [7, 11) is 0. The van der Waals surface area contributed by atoms with Crippen LogP contribution in [0.5, 0.6) is 0 Å². The van der Waals surface area contributed by atoms with Crippen molar-refractivity contribution in [2.75, 3.05) is 11.9 Å². The Bertz CT molecular complexity index is 1140. The fourth-order valence-corrected chi connectivity index (χ4v) is 3.26. The molecule has 0 saturated heterocycles. The summed E-state index contributed by atoms with van der Waals surface area (Å²) < 4.78 is 12.3. The summed E-state index contributed by atoms with van der Waals surface area (Å²) in [6.45, 7) is 9.50. The lowest BCUT2D eigenvalue weighted by molar-refractivity contribution is 0.0474. The van der Waals surface area contributed by atoms with Crippen molar-refractivity contribution in [1.82, 2.24) is 4.57 Å². The van der Waals surface area contributed by atoms with Gasteiger partial charge in [-0.1, -0.05) is 12.1 Å². The summed E-state index contributed by atoms with van der Waals surface area (Å²) in [6.07, 6.45) is 3.16. The zero-order valence-corrected chi connectivity index (χ0v) is 17.7. The van der Waals surface area contributed by atoms with Gasteiger partial charge in [-0.25, -0.2) is 4.79 Å². The third-order valence-electron chi connectivity index (χ3n) is 4.99. The molecular weight excluding hydrogens is 396 g/mol. The van der Waals surface area contributed by atoms with E-state index in [-0.39, 0.29) is 23.7 Å². The maximum atomic E-state index is 12.6. The number of Topliss-reactive ketones (excluding diaryl/α,β-unsaturated/α-hetero) is 1. The lowest BCUT2D eigenvalue weighted by Crippen LogP contribution is -2.16. The molecule has 0 aliphatic carbocycles. The highest BCUT2D eigenvalue weighted by atomic mass is 16.5. The summed E-state index contributed by atoms with van der Waals surface area (Å²) in [6, 6.07) is 9.73. The van der Waals surface area contributed by atoms with E-state index in [2.05, 4.69) is 11.9 Å². The first kappa shape index (κ1) is 21.8. The van der Waals surface area contributed by atoms with Gasteiger partial charge in [0.2, 0.25) is 5.78 Å². The Balaban J connectivity index is 1.68. The third-order valence-corrected chi connectivity index (χ3v) is 4.99. The van der Waals surface area contributed by atoms with Crippen molar-refractivity contribution in [1.29, 1.82) is 0 Å². The largest absolute Gasteiger partial charge is 0.459 e. The van der Waals surface area contributed by atoms with Crippen LogP contribution in [0.2, 0.25) is 0 Å². The van der Waals surface area contributed by atoms with E-state index in [4.69, 9.17) is 9.15 Å². The molecular formula is C24H24N2O5. The molecule has 1 N–H and O–H groups in total. The number of carbonyl (C=O) groups is 3. The normalized spacial score (nSPS) is 10.5. The number of nitrogens with zero attached hydrogens (tertiary/aromatic N) is 1. The number of allylic oxidation sites excluding steroid dienone is 1. The van der Waals surface area contributed by atoms with Gasteiger partial charge in [-0.05, 0) is 56.7 Å². The van der Waals surface area contributed by atoms with Crippen molar-refractivity contribution in [3.63, 3.8) is 0 Å². The first-order valence-corrected chi connectivity index (χ1v) is 9.75. The second kappa shape index (κ2) is 9.30. The van der Waals surface area contributed by atoms with Gasteiger partial charge in [-0.15, -0.1) is 6.58 Å². The minimum Gasteiger partial charge on any atom is -0.459 e.